The summed E-state index contributed by atoms with van der Waals surface area (Å²) in [7, 11) is 0. The van der Waals surface area contributed by atoms with Gasteiger partial charge in [0.2, 0.25) is 0 Å². The number of hydrogen-bond donors (Lipinski definition) is 0. The van der Waals surface area contributed by atoms with Crippen LogP contribution in [0.2, 0.25) is 0 Å². The van der Waals surface area contributed by atoms with Gasteiger partial charge in [-0.2, -0.15) is 5.26 Å². The second-order valence-electron chi connectivity index (χ2n) is 3.67. The predicted molar refractivity (Wildman–Crippen MR) is 64.8 cm³/mol. The first kappa shape index (κ1) is 11.7. The maximum Gasteiger partial charge on any atom is 0.287 e. The molecule has 0 aliphatic heterocycles. The standard InChI is InChI=1S/C13H9N3O2/c14-8-12(10-4-2-1-3-5-10)13-7-6-11(9-15-13)16(17)18/h1-7,9,12H. The molecule has 0 aliphatic carbocycles. The molecule has 5 nitrogen and oxygen atoms in total. The number of pyridine rings is 1. The van der Waals surface area contributed by atoms with Crippen LogP contribution >= 0.6 is 0 Å². The molecule has 0 spiro atoms. The first-order chi connectivity index (χ1) is 8.72. The SMILES string of the molecule is N#CC(c1ccccc1)c1ccc([N+](=O)[O-])cn1. The second-order valence-corrected chi connectivity index (χ2v) is 3.67. The maximum absolute atomic E-state index is 10.5. The van der Waals surface area contributed by atoms with Crippen molar-refractivity contribution >= 4 is 5.69 Å². The number of aromatic nitrogens is 1. The first-order valence-electron chi connectivity index (χ1n) is 5.27. The molecule has 1 aromatic carbocycles. The van der Waals surface area contributed by atoms with Gasteiger partial charge in [0.25, 0.3) is 5.69 Å². The molecule has 0 radical (unpaired) electrons. The highest BCUT2D eigenvalue weighted by Gasteiger charge is 2.15. The van der Waals surface area contributed by atoms with Crippen molar-refractivity contribution < 1.29 is 4.92 Å². The van der Waals surface area contributed by atoms with Crippen LogP contribution in [0.3, 0.4) is 0 Å². The third-order valence-electron chi connectivity index (χ3n) is 2.54. The van der Waals surface area contributed by atoms with Gasteiger partial charge in [-0.3, -0.25) is 15.1 Å². The van der Waals surface area contributed by atoms with E-state index in [2.05, 4.69) is 11.1 Å². The quantitative estimate of drug-likeness (QED) is 0.609. The lowest BCUT2D eigenvalue weighted by Gasteiger charge is -2.08. The Morgan fingerprint density at radius 2 is 1.94 bits per heavy atom. The monoisotopic (exact) mass is 239 g/mol. The number of nitriles is 1. The van der Waals surface area contributed by atoms with Crippen LogP contribution in [0, 0.1) is 21.4 Å². The van der Waals surface area contributed by atoms with E-state index in [9.17, 15) is 15.4 Å². The molecule has 0 amide bonds. The van der Waals surface area contributed by atoms with Gasteiger partial charge < -0.3 is 0 Å². The minimum Gasteiger partial charge on any atom is -0.258 e. The number of nitrogens with zero attached hydrogens (tertiary/aromatic N) is 3. The fraction of sp³-hybridized carbons (Fsp3) is 0.0769. The number of rotatable bonds is 3. The van der Waals surface area contributed by atoms with Crippen LogP contribution in [0.15, 0.2) is 48.7 Å². The Hall–Kier alpha value is -2.74. The Morgan fingerprint density at radius 1 is 1.22 bits per heavy atom. The van der Waals surface area contributed by atoms with E-state index in [1.54, 1.807) is 0 Å². The minimum atomic E-state index is -0.513. The average molecular weight is 239 g/mol. The average Bonchev–Trinajstić information content (AvgIpc) is 2.41. The van der Waals surface area contributed by atoms with E-state index in [1.165, 1.54) is 18.3 Å². The number of hydrogen-bond acceptors (Lipinski definition) is 4. The summed E-state index contributed by atoms with van der Waals surface area (Å²) in [6.07, 6.45) is 1.17. The molecule has 2 aromatic rings. The number of benzene rings is 1. The van der Waals surface area contributed by atoms with Crippen molar-refractivity contribution in [3.63, 3.8) is 0 Å². The summed E-state index contributed by atoms with van der Waals surface area (Å²) in [4.78, 5) is 14.0. The van der Waals surface area contributed by atoms with Crippen LogP contribution in [0.4, 0.5) is 5.69 Å². The van der Waals surface area contributed by atoms with Gasteiger partial charge in [-0.05, 0) is 11.6 Å². The van der Waals surface area contributed by atoms with E-state index in [-0.39, 0.29) is 5.69 Å². The zero-order valence-corrected chi connectivity index (χ0v) is 9.35. The van der Waals surface area contributed by atoms with Crippen molar-refractivity contribution in [2.45, 2.75) is 5.92 Å². The lowest BCUT2D eigenvalue weighted by Crippen LogP contribution is -2.01. The molecule has 0 bridgehead atoms. The van der Waals surface area contributed by atoms with Crippen molar-refractivity contribution in [2.75, 3.05) is 0 Å². The summed E-state index contributed by atoms with van der Waals surface area (Å²) in [6.45, 7) is 0. The van der Waals surface area contributed by atoms with Crippen molar-refractivity contribution in [2.24, 2.45) is 0 Å². The highest BCUT2D eigenvalue weighted by molar-refractivity contribution is 5.37. The largest absolute Gasteiger partial charge is 0.287 e. The topological polar surface area (TPSA) is 79.8 Å². The Kier molecular flexibility index (Phi) is 3.30. The third kappa shape index (κ3) is 2.33. The van der Waals surface area contributed by atoms with Crippen LogP contribution in [-0.2, 0) is 0 Å². The summed E-state index contributed by atoms with van der Waals surface area (Å²) in [5.74, 6) is -0.507. The molecule has 88 valence electrons. The first-order valence-corrected chi connectivity index (χ1v) is 5.27. The normalized spacial score (nSPS) is 11.5. The minimum absolute atomic E-state index is 0.0801. The lowest BCUT2D eigenvalue weighted by molar-refractivity contribution is -0.385. The smallest absolute Gasteiger partial charge is 0.258 e. The highest BCUT2D eigenvalue weighted by atomic mass is 16.6. The highest BCUT2D eigenvalue weighted by Crippen LogP contribution is 2.23. The Labute approximate surface area is 103 Å². The molecule has 0 aliphatic rings. The van der Waals surface area contributed by atoms with Gasteiger partial charge in [0.15, 0.2) is 0 Å². The summed E-state index contributed by atoms with van der Waals surface area (Å²) >= 11 is 0. The van der Waals surface area contributed by atoms with Crippen LogP contribution < -0.4 is 0 Å². The van der Waals surface area contributed by atoms with Crippen molar-refractivity contribution in [1.29, 1.82) is 5.26 Å². The molecule has 1 unspecified atom stereocenters. The molecule has 1 heterocycles. The van der Waals surface area contributed by atoms with Gasteiger partial charge in [-0.25, -0.2) is 0 Å². The maximum atomic E-state index is 10.5. The molecule has 1 aromatic heterocycles. The van der Waals surface area contributed by atoms with E-state index >= 15 is 0 Å². The molecular formula is C13H9N3O2. The molecule has 0 N–H and O–H groups in total. The second kappa shape index (κ2) is 5.06. The number of nitro groups is 1. The summed E-state index contributed by atoms with van der Waals surface area (Å²) < 4.78 is 0. The third-order valence-corrected chi connectivity index (χ3v) is 2.54. The summed E-state index contributed by atoms with van der Waals surface area (Å²) in [6, 6.07) is 14.2. The van der Waals surface area contributed by atoms with E-state index in [0.717, 1.165) is 5.56 Å². The molecule has 18 heavy (non-hydrogen) atoms. The van der Waals surface area contributed by atoms with E-state index in [0.29, 0.717) is 5.69 Å². The van der Waals surface area contributed by atoms with Gasteiger partial charge in [0.1, 0.15) is 12.1 Å². The zero-order chi connectivity index (χ0) is 13.0. The van der Waals surface area contributed by atoms with E-state index in [4.69, 9.17) is 0 Å². The summed E-state index contributed by atoms with van der Waals surface area (Å²) in [5, 5.41) is 19.7. The van der Waals surface area contributed by atoms with Crippen molar-refractivity contribution in [3.8, 4) is 6.07 Å². The molecule has 0 fully saturated rings. The van der Waals surface area contributed by atoms with Crippen molar-refractivity contribution in [3.05, 3.63) is 70.0 Å². The molecule has 5 heteroatoms. The fourth-order valence-electron chi connectivity index (χ4n) is 1.63. The molecule has 0 saturated heterocycles. The lowest BCUT2D eigenvalue weighted by atomic mass is 9.97. The summed E-state index contributed by atoms with van der Waals surface area (Å²) in [5.41, 5.74) is 1.25. The molecule has 0 saturated carbocycles. The Bertz CT molecular complexity index is 588. The Balaban J connectivity index is 2.35. The van der Waals surface area contributed by atoms with Crippen LogP contribution in [0.1, 0.15) is 17.2 Å². The van der Waals surface area contributed by atoms with Gasteiger partial charge in [0, 0.05) is 6.07 Å². The van der Waals surface area contributed by atoms with E-state index in [1.807, 2.05) is 30.3 Å². The molecule has 1 atom stereocenters. The van der Waals surface area contributed by atoms with Gasteiger partial charge >= 0.3 is 0 Å². The Morgan fingerprint density at radius 3 is 2.44 bits per heavy atom. The van der Waals surface area contributed by atoms with Gasteiger partial charge in [0.05, 0.1) is 16.7 Å². The van der Waals surface area contributed by atoms with Crippen LogP contribution in [0.25, 0.3) is 0 Å². The van der Waals surface area contributed by atoms with Crippen LogP contribution in [0.5, 0.6) is 0 Å². The predicted octanol–water partition coefficient (Wildman–Crippen LogP) is 2.65. The fourth-order valence-corrected chi connectivity index (χ4v) is 1.63. The van der Waals surface area contributed by atoms with Crippen LogP contribution in [-0.4, -0.2) is 9.91 Å². The van der Waals surface area contributed by atoms with E-state index < -0.39 is 10.8 Å². The van der Waals surface area contributed by atoms with Gasteiger partial charge in [-0.1, -0.05) is 30.3 Å². The van der Waals surface area contributed by atoms with Crippen molar-refractivity contribution in [1.82, 2.24) is 4.98 Å². The molecular weight excluding hydrogens is 230 g/mol. The van der Waals surface area contributed by atoms with Gasteiger partial charge in [-0.15, -0.1) is 0 Å². The molecule has 2 rings (SSSR count). The zero-order valence-electron chi connectivity index (χ0n) is 9.35.